The lowest BCUT2D eigenvalue weighted by Crippen LogP contribution is -2.63. The predicted octanol–water partition coefficient (Wildman–Crippen LogP) is 2.07. The van der Waals surface area contributed by atoms with Crippen molar-refractivity contribution < 1.29 is 14.3 Å². The Labute approximate surface area is 124 Å². The number of amides is 2. The summed E-state index contributed by atoms with van der Waals surface area (Å²) in [5.41, 5.74) is 0.925. The second-order valence-electron chi connectivity index (χ2n) is 5.64. The van der Waals surface area contributed by atoms with Crippen LogP contribution in [-0.2, 0) is 16.1 Å². The van der Waals surface area contributed by atoms with Gasteiger partial charge in [0.05, 0.1) is 12.6 Å². The first-order chi connectivity index (χ1) is 10.3. The van der Waals surface area contributed by atoms with E-state index in [0.29, 0.717) is 0 Å². The number of benzene rings is 1. The average molecular weight is 288 g/mol. The molecule has 0 bridgehead atoms. The Kier molecular flexibility index (Phi) is 4.20. The molecule has 1 aliphatic heterocycles. The number of imide groups is 1. The maximum atomic E-state index is 12.3. The van der Waals surface area contributed by atoms with Crippen molar-refractivity contribution in [3.8, 4) is 0 Å². The van der Waals surface area contributed by atoms with Crippen molar-refractivity contribution in [3.05, 3.63) is 35.9 Å². The van der Waals surface area contributed by atoms with Crippen LogP contribution in [0, 0.1) is 0 Å². The fourth-order valence-electron chi connectivity index (χ4n) is 3.17. The summed E-state index contributed by atoms with van der Waals surface area (Å²) in [6.45, 7) is 0.426. The van der Waals surface area contributed by atoms with E-state index in [4.69, 9.17) is 4.74 Å². The summed E-state index contributed by atoms with van der Waals surface area (Å²) in [4.78, 5) is 25.7. The lowest BCUT2D eigenvalue weighted by Gasteiger charge is -2.42. The van der Waals surface area contributed by atoms with E-state index in [9.17, 15) is 9.59 Å². The molecule has 2 fully saturated rings. The van der Waals surface area contributed by atoms with E-state index in [1.165, 1.54) is 4.90 Å². The lowest BCUT2D eigenvalue weighted by molar-refractivity contribution is -0.135. The molecule has 0 aromatic heterocycles. The summed E-state index contributed by atoms with van der Waals surface area (Å²) >= 11 is 0. The summed E-state index contributed by atoms with van der Waals surface area (Å²) in [7, 11) is 0. The molecule has 2 atom stereocenters. The van der Waals surface area contributed by atoms with Crippen molar-refractivity contribution in [2.45, 2.75) is 44.4 Å². The van der Waals surface area contributed by atoms with Crippen LogP contribution in [-0.4, -0.2) is 35.5 Å². The molecule has 2 aliphatic rings. The van der Waals surface area contributed by atoms with E-state index in [1.54, 1.807) is 0 Å². The largest absolute Gasteiger partial charge is 0.444 e. The molecule has 1 N–H and O–H groups in total. The number of fused-ring (bicyclic) bond motifs is 1. The molecule has 3 rings (SSSR count). The molecule has 1 heterocycles. The van der Waals surface area contributed by atoms with Crippen molar-refractivity contribution >= 4 is 12.0 Å². The lowest BCUT2D eigenvalue weighted by atomic mass is 9.88. The molecule has 1 saturated heterocycles. The number of nitrogens with zero attached hydrogens (tertiary/aromatic N) is 1. The van der Waals surface area contributed by atoms with Gasteiger partial charge in [0.2, 0.25) is 5.91 Å². The summed E-state index contributed by atoms with van der Waals surface area (Å²) in [5, 5.41) is 3.23. The minimum absolute atomic E-state index is 0.0525. The van der Waals surface area contributed by atoms with Crippen molar-refractivity contribution in [3.63, 3.8) is 0 Å². The molecule has 0 spiro atoms. The van der Waals surface area contributed by atoms with Gasteiger partial charge in [0.1, 0.15) is 6.61 Å². The molecule has 1 saturated carbocycles. The smallest absolute Gasteiger partial charge is 0.417 e. The predicted molar refractivity (Wildman–Crippen MR) is 77.5 cm³/mol. The maximum Gasteiger partial charge on any atom is 0.417 e. The number of ether oxygens (including phenoxy) is 1. The molecule has 2 unspecified atom stereocenters. The molecule has 5 heteroatoms. The molecule has 5 nitrogen and oxygen atoms in total. The number of piperazine rings is 1. The SMILES string of the molecule is O=C1CNC2CCCCC2N1C(=O)OCc1ccccc1. The zero-order chi connectivity index (χ0) is 14.7. The van der Waals surface area contributed by atoms with Gasteiger partial charge in [-0.3, -0.25) is 4.79 Å². The Balaban J connectivity index is 1.65. The van der Waals surface area contributed by atoms with Gasteiger partial charge < -0.3 is 10.1 Å². The van der Waals surface area contributed by atoms with Crippen LogP contribution in [0.3, 0.4) is 0 Å². The third kappa shape index (κ3) is 3.08. The number of carbonyl (C=O) groups excluding carboxylic acids is 2. The van der Waals surface area contributed by atoms with E-state index in [-0.39, 0.29) is 31.1 Å². The van der Waals surface area contributed by atoms with Gasteiger partial charge in [-0.05, 0) is 18.4 Å². The Hall–Kier alpha value is -1.88. The molecular weight excluding hydrogens is 268 g/mol. The fraction of sp³-hybridized carbons (Fsp3) is 0.500. The second-order valence-corrected chi connectivity index (χ2v) is 5.64. The van der Waals surface area contributed by atoms with Crippen molar-refractivity contribution in [1.82, 2.24) is 10.2 Å². The van der Waals surface area contributed by atoms with Gasteiger partial charge >= 0.3 is 6.09 Å². The summed E-state index contributed by atoms with van der Waals surface area (Å²) in [6.07, 6.45) is 3.57. The molecule has 1 aromatic carbocycles. The summed E-state index contributed by atoms with van der Waals surface area (Å²) in [5.74, 6) is -0.184. The highest BCUT2D eigenvalue weighted by atomic mass is 16.6. The fourth-order valence-corrected chi connectivity index (χ4v) is 3.17. The van der Waals surface area contributed by atoms with Gasteiger partial charge in [-0.2, -0.15) is 0 Å². The van der Waals surface area contributed by atoms with Crippen molar-refractivity contribution in [1.29, 1.82) is 0 Å². The quantitative estimate of drug-likeness (QED) is 0.905. The van der Waals surface area contributed by atoms with Gasteiger partial charge in [0, 0.05) is 6.04 Å². The van der Waals surface area contributed by atoms with Crippen LogP contribution in [0.1, 0.15) is 31.2 Å². The van der Waals surface area contributed by atoms with Gasteiger partial charge in [-0.25, -0.2) is 9.69 Å². The van der Waals surface area contributed by atoms with E-state index >= 15 is 0 Å². The van der Waals surface area contributed by atoms with Crippen LogP contribution in [0.15, 0.2) is 30.3 Å². The van der Waals surface area contributed by atoms with E-state index in [0.717, 1.165) is 31.2 Å². The Morgan fingerprint density at radius 1 is 1.24 bits per heavy atom. The van der Waals surface area contributed by atoms with Crippen LogP contribution < -0.4 is 5.32 Å². The highest BCUT2D eigenvalue weighted by Crippen LogP contribution is 2.26. The molecule has 112 valence electrons. The molecule has 21 heavy (non-hydrogen) atoms. The third-order valence-electron chi connectivity index (χ3n) is 4.25. The topological polar surface area (TPSA) is 58.6 Å². The first kappa shape index (κ1) is 14.1. The summed E-state index contributed by atoms with van der Waals surface area (Å²) < 4.78 is 5.33. The Morgan fingerprint density at radius 3 is 2.81 bits per heavy atom. The van der Waals surface area contributed by atoms with Crippen molar-refractivity contribution in [2.75, 3.05) is 6.54 Å². The van der Waals surface area contributed by atoms with Crippen LogP contribution in [0.2, 0.25) is 0 Å². The number of hydrogen-bond acceptors (Lipinski definition) is 4. The third-order valence-corrected chi connectivity index (χ3v) is 4.25. The van der Waals surface area contributed by atoms with E-state index in [2.05, 4.69) is 5.32 Å². The molecule has 0 radical (unpaired) electrons. The number of nitrogens with one attached hydrogen (secondary N) is 1. The molecule has 1 aromatic rings. The van der Waals surface area contributed by atoms with E-state index in [1.807, 2.05) is 30.3 Å². The highest BCUT2D eigenvalue weighted by Gasteiger charge is 2.41. The number of hydrogen-bond donors (Lipinski definition) is 1. The van der Waals surface area contributed by atoms with Crippen LogP contribution in [0.5, 0.6) is 0 Å². The zero-order valence-electron chi connectivity index (χ0n) is 12.0. The second kappa shape index (κ2) is 6.26. The number of carbonyl (C=O) groups is 2. The first-order valence-electron chi connectivity index (χ1n) is 7.52. The number of rotatable bonds is 2. The van der Waals surface area contributed by atoms with Crippen LogP contribution >= 0.6 is 0 Å². The van der Waals surface area contributed by atoms with Gasteiger partial charge in [-0.15, -0.1) is 0 Å². The minimum Gasteiger partial charge on any atom is -0.444 e. The Morgan fingerprint density at radius 2 is 2.00 bits per heavy atom. The summed E-state index contributed by atoms with van der Waals surface area (Å²) in [6, 6.07) is 9.68. The standard InChI is InChI=1S/C16H20N2O3/c19-15-10-17-13-8-4-5-9-14(13)18(15)16(20)21-11-12-6-2-1-3-7-12/h1-3,6-7,13-14,17H,4-5,8-11H2. The molecular formula is C16H20N2O3. The van der Waals surface area contributed by atoms with Gasteiger partial charge in [0.25, 0.3) is 0 Å². The monoisotopic (exact) mass is 288 g/mol. The maximum absolute atomic E-state index is 12.3. The normalized spacial score (nSPS) is 25.3. The zero-order valence-corrected chi connectivity index (χ0v) is 12.0. The minimum atomic E-state index is -0.512. The average Bonchev–Trinajstić information content (AvgIpc) is 2.53. The van der Waals surface area contributed by atoms with Crippen LogP contribution in [0.4, 0.5) is 4.79 Å². The molecule has 1 aliphatic carbocycles. The van der Waals surface area contributed by atoms with Crippen molar-refractivity contribution in [2.24, 2.45) is 0 Å². The Bertz CT molecular complexity index is 518. The van der Waals surface area contributed by atoms with E-state index < -0.39 is 6.09 Å². The van der Waals surface area contributed by atoms with Crippen LogP contribution in [0.25, 0.3) is 0 Å². The van der Waals surface area contributed by atoms with Gasteiger partial charge in [0.15, 0.2) is 0 Å². The first-order valence-corrected chi connectivity index (χ1v) is 7.52. The molecule has 2 amide bonds. The highest BCUT2D eigenvalue weighted by molar-refractivity contribution is 5.94. The van der Waals surface area contributed by atoms with Gasteiger partial charge in [-0.1, -0.05) is 43.2 Å².